The van der Waals surface area contributed by atoms with E-state index in [0.29, 0.717) is 17.7 Å². The zero-order chi connectivity index (χ0) is 23.9. The van der Waals surface area contributed by atoms with Crippen LogP contribution in [0.2, 0.25) is 0 Å². The van der Waals surface area contributed by atoms with Gasteiger partial charge in [-0.25, -0.2) is 0 Å². The van der Waals surface area contributed by atoms with E-state index in [1.807, 2.05) is 39.8 Å². The molecule has 0 aromatic heterocycles. The van der Waals surface area contributed by atoms with Crippen LogP contribution in [0.15, 0.2) is 48.5 Å². The number of amides is 2. The van der Waals surface area contributed by atoms with Gasteiger partial charge in [-0.1, -0.05) is 37.3 Å². The molecule has 0 fully saturated rings. The van der Waals surface area contributed by atoms with Crippen molar-refractivity contribution in [2.45, 2.75) is 58.7 Å². The second kappa shape index (κ2) is 10.7. The fourth-order valence-electron chi connectivity index (χ4n) is 3.40. The first-order chi connectivity index (χ1) is 15.1. The van der Waals surface area contributed by atoms with E-state index in [2.05, 4.69) is 5.32 Å². The minimum atomic E-state index is -0.716. The van der Waals surface area contributed by atoms with E-state index < -0.39 is 16.5 Å². The number of nitro benzene ring substituents is 1. The van der Waals surface area contributed by atoms with Crippen LogP contribution in [0.3, 0.4) is 0 Å². The van der Waals surface area contributed by atoms with E-state index in [1.165, 1.54) is 11.0 Å². The number of hydrogen-bond acceptors (Lipinski definition) is 5. The first-order valence-electron chi connectivity index (χ1n) is 10.5. The predicted octanol–water partition coefficient (Wildman–Crippen LogP) is 3.87. The molecule has 8 nitrogen and oxygen atoms in total. The molecule has 8 heteroatoms. The number of ether oxygens (including phenoxy) is 1. The molecular formula is C24H31N3O5. The summed E-state index contributed by atoms with van der Waals surface area (Å²) in [6.07, 6.45) is 0.229. The number of nitrogens with zero attached hydrogens (tertiary/aromatic N) is 2. The summed E-state index contributed by atoms with van der Waals surface area (Å²) in [6, 6.07) is 12.7. The highest BCUT2D eigenvalue weighted by molar-refractivity contribution is 5.89. The molecular weight excluding hydrogens is 410 g/mol. The molecule has 0 radical (unpaired) electrons. The Balaban J connectivity index is 2.38. The monoisotopic (exact) mass is 441 g/mol. The van der Waals surface area contributed by atoms with Gasteiger partial charge >= 0.3 is 0 Å². The zero-order valence-electron chi connectivity index (χ0n) is 19.3. The van der Waals surface area contributed by atoms with Crippen molar-refractivity contribution in [2.24, 2.45) is 0 Å². The summed E-state index contributed by atoms with van der Waals surface area (Å²) in [5, 5.41) is 14.3. The summed E-state index contributed by atoms with van der Waals surface area (Å²) in [5.41, 5.74) is 0.562. The van der Waals surface area contributed by atoms with Crippen molar-refractivity contribution >= 4 is 17.5 Å². The molecule has 0 bridgehead atoms. The normalized spacial score (nSPS) is 12.0. The highest BCUT2D eigenvalue weighted by Crippen LogP contribution is 2.22. The minimum Gasteiger partial charge on any atom is -0.497 e. The van der Waals surface area contributed by atoms with Crippen LogP contribution in [0.25, 0.3) is 0 Å². The Morgan fingerprint density at radius 1 is 1.12 bits per heavy atom. The molecule has 2 aromatic carbocycles. The maximum Gasteiger partial charge on any atom is 0.273 e. The van der Waals surface area contributed by atoms with E-state index in [9.17, 15) is 19.7 Å². The first-order valence-corrected chi connectivity index (χ1v) is 10.5. The molecule has 32 heavy (non-hydrogen) atoms. The van der Waals surface area contributed by atoms with Gasteiger partial charge in [0.1, 0.15) is 11.8 Å². The summed E-state index contributed by atoms with van der Waals surface area (Å²) in [4.78, 5) is 38.8. The van der Waals surface area contributed by atoms with Crippen LogP contribution in [0.4, 0.5) is 5.69 Å². The van der Waals surface area contributed by atoms with Crippen LogP contribution in [0, 0.1) is 10.1 Å². The molecule has 0 saturated heterocycles. The number of benzene rings is 2. The molecule has 172 valence electrons. The lowest BCUT2D eigenvalue weighted by Crippen LogP contribution is -2.53. The number of nitro groups is 1. The van der Waals surface area contributed by atoms with E-state index in [4.69, 9.17) is 4.74 Å². The molecule has 2 aromatic rings. The zero-order valence-corrected chi connectivity index (χ0v) is 19.3. The molecule has 0 unspecified atom stereocenters. The van der Waals surface area contributed by atoms with Crippen LogP contribution in [-0.2, 0) is 22.6 Å². The van der Waals surface area contributed by atoms with Gasteiger partial charge in [0, 0.05) is 23.7 Å². The largest absolute Gasteiger partial charge is 0.497 e. The number of para-hydroxylation sites is 1. The van der Waals surface area contributed by atoms with E-state index >= 15 is 0 Å². The highest BCUT2D eigenvalue weighted by atomic mass is 16.6. The summed E-state index contributed by atoms with van der Waals surface area (Å²) < 4.78 is 5.19. The van der Waals surface area contributed by atoms with Crippen molar-refractivity contribution < 1.29 is 19.2 Å². The van der Waals surface area contributed by atoms with Crippen molar-refractivity contribution in [3.05, 3.63) is 69.8 Å². The van der Waals surface area contributed by atoms with E-state index in [1.54, 1.807) is 37.4 Å². The number of rotatable bonds is 9. The number of nitrogens with one attached hydrogen (secondary N) is 1. The lowest BCUT2D eigenvalue weighted by atomic mass is 10.0. The predicted molar refractivity (Wildman–Crippen MR) is 122 cm³/mol. The van der Waals surface area contributed by atoms with Crippen molar-refractivity contribution in [1.29, 1.82) is 0 Å². The third kappa shape index (κ3) is 6.80. The second-order valence-electron chi connectivity index (χ2n) is 8.60. The lowest BCUT2D eigenvalue weighted by molar-refractivity contribution is -0.385. The van der Waals surface area contributed by atoms with Crippen LogP contribution < -0.4 is 10.1 Å². The van der Waals surface area contributed by atoms with Gasteiger partial charge < -0.3 is 15.0 Å². The van der Waals surface area contributed by atoms with Crippen LogP contribution in [0.5, 0.6) is 5.75 Å². The van der Waals surface area contributed by atoms with Gasteiger partial charge in [0.25, 0.3) is 5.69 Å². The highest BCUT2D eigenvalue weighted by Gasteiger charge is 2.31. The van der Waals surface area contributed by atoms with Crippen molar-refractivity contribution in [3.63, 3.8) is 0 Å². The van der Waals surface area contributed by atoms with Gasteiger partial charge in [0.05, 0.1) is 18.5 Å². The molecule has 0 heterocycles. The number of carbonyl (C=O) groups is 2. The minimum absolute atomic E-state index is 0.113. The maximum absolute atomic E-state index is 13.4. The summed E-state index contributed by atoms with van der Waals surface area (Å²) in [7, 11) is 1.57. The number of hydrogen-bond donors (Lipinski definition) is 1. The lowest BCUT2D eigenvalue weighted by Gasteiger charge is -2.33. The number of carbonyl (C=O) groups excluding carboxylic acids is 2. The Hall–Kier alpha value is -3.42. The molecule has 0 aliphatic carbocycles. The summed E-state index contributed by atoms with van der Waals surface area (Å²) >= 11 is 0. The van der Waals surface area contributed by atoms with Gasteiger partial charge in [-0.2, -0.15) is 0 Å². The topological polar surface area (TPSA) is 102 Å². The molecule has 0 aliphatic heterocycles. The van der Waals surface area contributed by atoms with Gasteiger partial charge in [0.15, 0.2) is 0 Å². The van der Waals surface area contributed by atoms with Gasteiger partial charge in [-0.15, -0.1) is 0 Å². The fourth-order valence-corrected chi connectivity index (χ4v) is 3.40. The van der Waals surface area contributed by atoms with Crippen molar-refractivity contribution in [2.75, 3.05) is 7.11 Å². The molecule has 0 aliphatic rings. The van der Waals surface area contributed by atoms with E-state index in [0.717, 1.165) is 5.56 Å². The van der Waals surface area contributed by atoms with Gasteiger partial charge in [-0.05, 0) is 44.9 Å². The van der Waals surface area contributed by atoms with Crippen molar-refractivity contribution in [3.8, 4) is 5.75 Å². The second-order valence-corrected chi connectivity index (χ2v) is 8.60. The fraction of sp³-hybridized carbons (Fsp3) is 0.417. The third-order valence-electron chi connectivity index (χ3n) is 4.93. The van der Waals surface area contributed by atoms with Crippen molar-refractivity contribution in [1.82, 2.24) is 10.2 Å². The smallest absolute Gasteiger partial charge is 0.273 e. The molecule has 2 rings (SSSR count). The molecule has 1 atom stereocenters. The van der Waals surface area contributed by atoms with Crippen LogP contribution in [-0.4, -0.2) is 40.3 Å². The maximum atomic E-state index is 13.4. The standard InChI is InChI=1S/C24H31N3O5/c1-6-20(23(29)25-24(2,3)4)26(16-17-11-13-19(32-5)14-12-17)22(28)15-18-9-7-8-10-21(18)27(30)31/h7-14,20H,6,15-16H2,1-5H3,(H,25,29)/t20-/m1/s1. The molecule has 0 saturated carbocycles. The van der Waals surface area contributed by atoms with E-state index in [-0.39, 0.29) is 30.5 Å². The summed E-state index contributed by atoms with van der Waals surface area (Å²) in [5.74, 6) is 0.0690. The Labute approximate surface area is 188 Å². The van der Waals surface area contributed by atoms with Gasteiger partial charge in [0.2, 0.25) is 11.8 Å². The Bertz CT molecular complexity index is 951. The van der Waals surface area contributed by atoms with Crippen LogP contribution >= 0.6 is 0 Å². The number of methoxy groups -OCH3 is 1. The molecule has 0 spiro atoms. The third-order valence-corrected chi connectivity index (χ3v) is 4.93. The van der Waals surface area contributed by atoms with Crippen LogP contribution in [0.1, 0.15) is 45.2 Å². The first kappa shape index (κ1) is 24.8. The SMILES string of the molecule is CC[C@H](C(=O)NC(C)(C)C)N(Cc1ccc(OC)cc1)C(=O)Cc1ccccc1[N+](=O)[O-]. The quantitative estimate of drug-likeness (QED) is 0.470. The Morgan fingerprint density at radius 2 is 1.75 bits per heavy atom. The average Bonchev–Trinajstić information content (AvgIpc) is 2.73. The Morgan fingerprint density at radius 3 is 2.28 bits per heavy atom. The van der Waals surface area contributed by atoms with Gasteiger partial charge in [-0.3, -0.25) is 19.7 Å². The molecule has 2 amide bonds. The summed E-state index contributed by atoms with van der Waals surface area (Å²) in [6.45, 7) is 7.66. The molecule has 1 N–H and O–H groups in total. The Kier molecular flexibility index (Phi) is 8.34. The average molecular weight is 442 g/mol.